The van der Waals surface area contributed by atoms with E-state index in [1.54, 1.807) is 30.3 Å². The average molecular weight is 423 g/mol. The summed E-state index contributed by atoms with van der Waals surface area (Å²) in [6.45, 7) is 3.33. The molecule has 31 heavy (non-hydrogen) atoms. The number of aromatic nitrogens is 1. The molecule has 0 saturated heterocycles. The zero-order valence-corrected chi connectivity index (χ0v) is 17.4. The number of amides is 2. The van der Waals surface area contributed by atoms with Gasteiger partial charge in [0.05, 0.1) is 18.8 Å². The Morgan fingerprint density at radius 3 is 2.42 bits per heavy atom. The molecule has 0 radical (unpaired) electrons. The number of aromatic amines is 1. The van der Waals surface area contributed by atoms with Crippen LogP contribution in [0.1, 0.15) is 35.9 Å². The van der Waals surface area contributed by atoms with Gasteiger partial charge in [0.25, 0.3) is 5.91 Å². The predicted molar refractivity (Wildman–Crippen MR) is 121 cm³/mol. The summed E-state index contributed by atoms with van der Waals surface area (Å²) in [6.07, 6.45) is 0. The van der Waals surface area contributed by atoms with Crippen LogP contribution >= 0.6 is 0 Å². The van der Waals surface area contributed by atoms with Gasteiger partial charge in [-0.3, -0.25) is 15.0 Å². The lowest BCUT2D eigenvalue weighted by Gasteiger charge is -2.12. The molecule has 1 unspecified atom stereocenters. The first kappa shape index (κ1) is 21.5. The molecule has 3 rings (SSSR count). The van der Waals surface area contributed by atoms with E-state index in [4.69, 9.17) is 16.2 Å². The summed E-state index contributed by atoms with van der Waals surface area (Å²) in [7, 11) is 1.52. The fourth-order valence-corrected chi connectivity index (χ4v) is 3.04. The Balaban J connectivity index is 1.75. The van der Waals surface area contributed by atoms with Crippen LogP contribution in [0.25, 0.3) is 10.9 Å². The lowest BCUT2D eigenvalue weighted by Crippen LogP contribution is -2.27. The van der Waals surface area contributed by atoms with Gasteiger partial charge in [-0.1, -0.05) is 12.1 Å². The Bertz CT molecular complexity index is 1130. The van der Waals surface area contributed by atoms with E-state index in [2.05, 4.69) is 26.1 Å². The molecule has 0 fully saturated rings. The maximum Gasteiger partial charge on any atom is 0.272 e. The number of H-pyrrole nitrogens is 1. The van der Waals surface area contributed by atoms with E-state index >= 15 is 0 Å². The third-order valence-electron chi connectivity index (χ3n) is 4.55. The quantitative estimate of drug-likeness (QED) is 0.194. The number of benzene rings is 2. The number of guanidine groups is 1. The number of hydrogen-bond donors (Lipinski definition) is 6. The molecule has 0 spiro atoms. The predicted octanol–water partition coefficient (Wildman–Crippen LogP) is 2.23. The normalized spacial score (nSPS) is 11.5. The average Bonchev–Trinajstić information content (AvgIpc) is 3.14. The van der Waals surface area contributed by atoms with Gasteiger partial charge in [-0.2, -0.15) is 0 Å². The Hall–Kier alpha value is -4.21. The van der Waals surface area contributed by atoms with Crippen LogP contribution in [0.4, 0.5) is 11.4 Å². The van der Waals surface area contributed by atoms with Gasteiger partial charge in [0.15, 0.2) is 0 Å². The van der Waals surface area contributed by atoms with Crippen LogP contribution in [0.2, 0.25) is 0 Å². The van der Waals surface area contributed by atoms with Gasteiger partial charge in [-0.25, -0.2) is 0 Å². The minimum absolute atomic E-state index is 0.0455. The zero-order valence-electron chi connectivity index (χ0n) is 17.4. The summed E-state index contributed by atoms with van der Waals surface area (Å²) in [4.78, 5) is 27.2. The number of hydrazone groups is 1. The van der Waals surface area contributed by atoms with Crippen LogP contribution in [0, 0.1) is 0 Å². The van der Waals surface area contributed by atoms with Crippen molar-refractivity contribution in [2.45, 2.75) is 19.9 Å². The highest BCUT2D eigenvalue weighted by molar-refractivity contribution is 6.06. The van der Waals surface area contributed by atoms with Crippen LogP contribution in [-0.2, 0) is 4.79 Å². The number of methoxy groups -OCH3 is 1. The molecule has 1 aromatic heterocycles. The number of nitrogens with one attached hydrogen (secondary N) is 4. The number of ether oxygens (including phenoxy) is 1. The molecule has 1 heterocycles. The summed E-state index contributed by atoms with van der Waals surface area (Å²) in [5.41, 5.74) is 16.7. The topological polar surface area (TPSA) is 160 Å². The van der Waals surface area contributed by atoms with E-state index in [0.717, 1.165) is 10.9 Å². The SMILES string of the molecule is COc1cc2cc(C(=O)Nc3ccc(C(C)NN=C(N)N)cc3)[nH]c2cc1NC(C)=O. The Labute approximate surface area is 179 Å². The summed E-state index contributed by atoms with van der Waals surface area (Å²) in [6, 6.07) is 12.4. The monoisotopic (exact) mass is 423 g/mol. The number of rotatable bonds is 7. The highest BCUT2D eigenvalue weighted by Crippen LogP contribution is 2.31. The molecule has 0 saturated carbocycles. The second-order valence-electron chi connectivity index (χ2n) is 6.97. The van der Waals surface area contributed by atoms with Gasteiger partial charge in [0, 0.05) is 23.5 Å². The molecule has 1 atom stereocenters. The Morgan fingerprint density at radius 2 is 1.81 bits per heavy atom. The Kier molecular flexibility index (Phi) is 6.29. The molecule has 3 aromatic rings. The molecule has 0 bridgehead atoms. The first-order valence-corrected chi connectivity index (χ1v) is 9.50. The van der Waals surface area contributed by atoms with Crippen LogP contribution in [0.5, 0.6) is 5.75 Å². The maximum absolute atomic E-state index is 12.7. The lowest BCUT2D eigenvalue weighted by molar-refractivity contribution is -0.114. The van der Waals surface area contributed by atoms with Crippen LogP contribution < -0.4 is 32.3 Å². The van der Waals surface area contributed by atoms with E-state index in [1.807, 2.05) is 19.1 Å². The van der Waals surface area contributed by atoms with E-state index in [1.165, 1.54) is 14.0 Å². The summed E-state index contributed by atoms with van der Waals surface area (Å²) >= 11 is 0. The molecule has 10 nitrogen and oxygen atoms in total. The number of hydrogen-bond acceptors (Lipinski definition) is 5. The van der Waals surface area contributed by atoms with Gasteiger partial charge in [0.1, 0.15) is 11.4 Å². The zero-order chi connectivity index (χ0) is 22.5. The Morgan fingerprint density at radius 1 is 1.10 bits per heavy atom. The fraction of sp³-hybridized carbons (Fsp3) is 0.190. The van der Waals surface area contributed by atoms with Crippen molar-refractivity contribution in [3.05, 3.63) is 53.7 Å². The summed E-state index contributed by atoms with van der Waals surface area (Å²) in [5, 5.41) is 10.1. The van der Waals surface area contributed by atoms with Crippen molar-refractivity contribution in [3.8, 4) is 5.75 Å². The van der Waals surface area contributed by atoms with Crippen molar-refractivity contribution in [3.63, 3.8) is 0 Å². The molecule has 0 aliphatic rings. The van der Waals surface area contributed by atoms with Gasteiger partial charge in [0.2, 0.25) is 11.9 Å². The summed E-state index contributed by atoms with van der Waals surface area (Å²) < 4.78 is 5.32. The lowest BCUT2D eigenvalue weighted by atomic mass is 10.1. The van der Waals surface area contributed by atoms with E-state index in [0.29, 0.717) is 28.3 Å². The van der Waals surface area contributed by atoms with Crippen LogP contribution in [0.3, 0.4) is 0 Å². The second-order valence-corrected chi connectivity index (χ2v) is 6.97. The largest absolute Gasteiger partial charge is 0.495 e. The molecule has 2 aromatic carbocycles. The van der Waals surface area contributed by atoms with Crippen molar-refractivity contribution in [1.82, 2.24) is 10.4 Å². The number of nitrogens with two attached hydrogens (primary N) is 2. The molecule has 0 aliphatic carbocycles. The first-order valence-electron chi connectivity index (χ1n) is 9.50. The molecule has 162 valence electrons. The van der Waals surface area contributed by atoms with E-state index < -0.39 is 0 Å². The minimum atomic E-state index is -0.296. The van der Waals surface area contributed by atoms with Crippen molar-refractivity contribution in [2.24, 2.45) is 16.6 Å². The van der Waals surface area contributed by atoms with Crippen molar-refractivity contribution >= 4 is 40.1 Å². The third kappa shape index (κ3) is 5.24. The van der Waals surface area contributed by atoms with Gasteiger partial charge >= 0.3 is 0 Å². The summed E-state index contributed by atoms with van der Waals surface area (Å²) in [5.74, 6) is -0.0484. The van der Waals surface area contributed by atoms with Crippen molar-refractivity contribution in [1.29, 1.82) is 0 Å². The molecule has 0 aliphatic heterocycles. The van der Waals surface area contributed by atoms with Gasteiger partial charge in [-0.05, 0) is 42.8 Å². The molecule has 10 heteroatoms. The maximum atomic E-state index is 12.7. The van der Waals surface area contributed by atoms with Crippen molar-refractivity contribution < 1.29 is 14.3 Å². The van der Waals surface area contributed by atoms with Crippen molar-refractivity contribution in [2.75, 3.05) is 17.7 Å². The first-order chi connectivity index (χ1) is 14.8. The highest BCUT2D eigenvalue weighted by atomic mass is 16.5. The van der Waals surface area contributed by atoms with Gasteiger partial charge < -0.3 is 31.8 Å². The molecular formula is C21H25N7O3. The van der Waals surface area contributed by atoms with Gasteiger partial charge in [-0.15, -0.1) is 5.10 Å². The highest BCUT2D eigenvalue weighted by Gasteiger charge is 2.14. The fourth-order valence-electron chi connectivity index (χ4n) is 3.04. The third-order valence-corrected chi connectivity index (χ3v) is 4.55. The smallest absolute Gasteiger partial charge is 0.272 e. The van der Waals surface area contributed by atoms with E-state index in [-0.39, 0.29) is 23.8 Å². The number of fused-ring (bicyclic) bond motifs is 1. The number of anilines is 2. The van der Waals surface area contributed by atoms with E-state index in [9.17, 15) is 9.59 Å². The van der Waals surface area contributed by atoms with Crippen LogP contribution in [0.15, 0.2) is 47.6 Å². The van der Waals surface area contributed by atoms with Crippen LogP contribution in [-0.4, -0.2) is 29.9 Å². The molecule has 8 N–H and O–H groups in total. The number of carbonyl (C=O) groups excluding carboxylic acids is 2. The standard InChI is InChI=1S/C21H25N7O3/c1-11(27-28-21(22)23)13-4-6-15(7-5-13)25-20(30)18-8-14-9-19(31-3)17(24-12(2)29)10-16(14)26-18/h4-11,26-27H,1-3H3,(H,24,29)(H,25,30)(H4,22,23,28). The molecule has 2 amide bonds. The number of nitrogens with zero attached hydrogens (tertiary/aromatic N) is 1. The molecular weight excluding hydrogens is 398 g/mol. The minimum Gasteiger partial charge on any atom is -0.495 e. The second kappa shape index (κ2) is 9.08. The number of carbonyl (C=O) groups is 2.